The maximum Gasteiger partial charge on any atom is 0.305 e. The van der Waals surface area contributed by atoms with Crippen LogP contribution >= 0.6 is 0 Å². The number of carboxylic acids is 1. The second kappa shape index (κ2) is 16.3. The van der Waals surface area contributed by atoms with E-state index in [1.807, 2.05) is 0 Å². The Morgan fingerprint density at radius 3 is 2.51 bits per heavy atom. The fraction of sp³-hybridized carbons (Fsp3) is 0.567. The molecule has 2 atom stereocenters. The maximum atomic E-state index is 14.8. The van der Waals surface area contributed by atoms with Gasteiger partial charge in [0.1, 0.15) is 11.5 Å². The number of aromatic amines is 1. The lowest BCUT2D eigenvalue weighted by atomic mass is 9.77. The number of ether oxygens (including phenoxy) is 3. The normalized spacial score (nSPS) is 16.9. The van der Waals surface area contributed by atoms with Gasteiger partial charge in [-0.15, -0.1) is 0 Å². The van der Waals surface area contributed by atoms with E-state index in [1.54, 1.807) is 18.1 Å². The highest BCUT2D eigenvalue weighted by molar-refractivity contribution is 5.91. The van der Waals surface area contributed by atoms with E-state index in [9.17, 15) is 18.4 Å². The van der Waals surface area contributed by atoms with E-state index in [-0.39, 0.29) is 30.8 Å². The summed E-state index contributed by atoms with van der Waals surface area (Å²) < 4.78 is 44.6. The molecule has 3 aromatic heterocycles. The number of likely N-dealkylation sites (N-methyl/N-ethyl adjacent to an activating group) is 1. The molecule has 13 heteroatoms. The number of hydrogen-bond donors (Lipinski definition) is 2. The van der Waals surface area contributed by atoms with E-state index in [1.165, 1.54) is 6.07 Å². The first-order chi connectivity index (χ1) is 20.8. The van der Waals surface area contributed by atoms with E-state index >= 15 is 0 Å². The third kappa shape index (κ3) is 10.0. The molecule has 0 spiro atoms. The first kappa shape index (κ1) is 32.4. The van der Waals surface area contributed by atoms with Crippen molar-refractivity contribution in [1.29, 1.82) is 0 Å². The molecule has 3 aromatic rings. The van der Waals surface area contributed by atoms with Gasteiger partial charge in [-0.3, -0.25) is 9.59 Å². The van der Waals surface area contributed by atoms with E-state index in [0.29, 0.717) is 80.5 Å². The van der Waals surface area contributed by atoms with Crippen molar-refractivity contribution in [3.63, 3.8) is 0 Å². The molecule has 2 N–H and O–H groups in total. The van der Waals surface area contributed by atoms with Crippen molar-refractivity contribution in [2.45, 2.75) is 44.9 Å². The zero-order valence-electron chi connectivity index (χ0n) is 24.4. The Labute approximate surface area is 249 Å². The number of amides is 1. The molecule has 4 rings (SSSR count). The molecule has 1 aliphatic rings. The van der Waals surface area contributed by atoms with Crippen LogP contribution in [0.1, 0.15) is 44.2 Å². The molecule has 11 nitrogen and oxygen atoms in total. The van der Waals surface area contributed by atoms with Gasteiger partial charge >= 0.3 is 5.97 Å². The summed E-state index contributed by atoms with van der Waals surface area (Å²) in [5.41, 5.74) is 1.39. The van der Waals surface area contributed by atoms with Gasteiger partial charge in [0.05, 0.1) is 64.1 Å². The third-order valence-corrected chi connectivity index (χ3v) is 7.59. The van der Waals surface area contributed by atoms with Crippen molar-refractivity contribution < 1.29 is 37.7 Å². The molecule has 0 radical (unpaired) electrons. The quantitative estimate of drug-likeness (QED) is 0.219. The minimum Gasteiger partial charge on any atom is -0.481 e. The van der Waals surface area contributed by atoms with Gasteiger partial charge in [-0.25, -0.2) is 23.7 Å². The van der Waals surface area contributed by atoms with Crippen LogP contribution in [0.2, 0.25) is 0 Å². The van der Waals surface area contributed by atoms with Gasteiger partial charge in [0.2, 0.25) is 5.91 Å². The second-order valence-corrected chi connectivity index (χ2v) is 10.8. The van der Waals surface area contributed by atoms with Crippen molar-refractivity contribution in [1.82, 2.24) is 24.8 Å². The molecule has 1 fully saturated rings. The maximum absolute atomic E-state index is 14.8. The Balaban J connectivity index is 1.17. The number of carboxylic acid groups (broad SMARTS) is 1. The van der Waals surface area contributed by atoms with Crippen LogP contribution in [0.5, 0.6) is 0 Å². The minimum absolute atomic E-state index is 0.0309. The van der Waals surface area contributed by atoms with Crippen molar-refractivity contribution in [2.24, 2.45) is 11.8 Å². The number of carbonyl (C=O) groups excluding carboxylic acids is 1. The molecule has 1 amide bonds. The summed E-state index contributed by atoms with van der Waals surface area (Å²) in [6, 6.07) is 1.36. The zero-order chi connectivity index (χ0) is 30.6. The summed E-state index contributed by atoms with van der Waals surface area (Å²) in [5, 5.41) is 9.08. The Hall–Kier alpha value is -3.55. The van der Waals surface area contributed by atoms with Gasteiger partial charge in [0.25, 0.3) is 0 Å². The standard InChI is InChI=1S/C30H39F2N5O6/c1-37(6-8-42-10-12-43-11-9-41-7-5-28(39)40)27(38)15-21-4-2-3-20(13-21)14-26-25(32)19-35-30(36-26)24-18-34-29-23(24)16-22(31)17-33-29/h16-21H,2-15H2,1H3,(H,33,34)(H,39,40)/t20-,21+/m1/s1. The smallest absolute Gasteiger partial charge is 0.305 e. The fourth-order valence-corrected chi connectivity index (χ4v) is 5.32. The Morgan fingerprint density at radius 2 is 1.74 bits per heavy atom. The van der Waals surface area contributed by atoms with Crippen molar-refractivity contribution in [2.75, 3.05) is 53.2 Å². The van der Waals surface area contributed by atoms with Crippen LogP contribution in [0.15, 0.2) is 24.7 Å². The fourth-order valence-electron chi connectivity index (χ4n) is 5.32. The molecule has 0 bridgehead atoms. The van der Waals surface area contributed by atoms with E-state index < -0.39 is 17.6 Å². The Kier molecular flexibility index (Phi) is 12.3. The number of fused-ring (bicyclic) bond motifs is 1. The second-order valence-electron chi connectivity index (χ2n) is 10.8. The number of aromatic nitrogens is 4. The summed E-state index contributed by atoms with van der Waals surface area (Å²) in [4.78, 5) is 40.6. The highest BCUT2D eigenvalue weighted by Crippen LogP contribution is 2.34. The van der Waals surface area contributed by atoms with Crippen LogP contribution in [0.4, 0.5) is 8.78 Å². The SMILES string of the molecule is CN(CCOCCOCCOCCC(=O)O)C(=O)C[C@H]1CCC[C@@H](Cc2nc(-c3c[nH]c4ncc(F)cc34)ncc2F)C1. The minimum atomic E-state index is -0.896. The van der Waals surface area contributed by atoms with Gasteiger partial charge in [0.15, 0.2) is 11.6 Å². The predicted octanol–water partition coefficient (Wildman–Crippen LogP) is 4.02. The highest BCUT2D eigenvalue weighted by Gasteiger charge is 2.27. The third-order valence-electron chi connectivity index (χ3n) is 7.59. The van der Waals surface area contributed by atoms with E-state index in [2.05, 4.69) is 19.9 Å². The number of aliphatic carboxylic acids is 1. The molecule has 0 unspecified atom stereocenters. The lowest BCUT2D eigenvalue weighted by Crippen LogP contribution is -2.33. The lowest BCUT2D eigenvalue weighted by Gasteiger charge is -2.30. The van der Waals surface area contributed by atoms with Gasteiger partial charge in [-0.05, 0) is 37.2 Å². The molecule has 234 valence electrons. The van der Waals surface area contributed by atoms with E-state index in [4.69, 9.17) is 19.3 Å². The monoisotopic (exact) mass is 603 g/mol. The van der Waals surface area contributed by atoms with Crippen LogP contribution in [-0.4, -0.2) is 95.1 Å². The topological polar surface area (TPSA) is 140 Å². The lowest BCUT2D eigenvalue weighted by molar-refractivity contribution is -0.138. The summed E-state index contributed by atoms with van der Waals surface area (Å²) in [6.07, 6.45) is 8.46. The average Bonchev–Trinajstić information content (AvgIpc) is 3.40. The van der Waals surface area contributed by atoms with Gasteiger partial charge in [-0.1, -0.05) is 12.8 Å². The molecule has 1 aliphatic carbocycles. The first-order valence-electron chi connectivity index (χ1n) is 14.6. The molecule has 1 saturated carbocycles. The van der Waals surface area contributed by atoms with Crippen LogP contribution in [0, 0.1) is 23.5 Å². The predicted molar refractivity (Wildman–Crippen MR) is 153 cm³/mol. The summed E-state index contributed by atoms with van der Waals surface area (Å²) in [7, 11) is 1.76. The summed E-state index contributed by atoms with van der Waals surface area (Å²) >= 11 is 0. The number of rotatable bonds is 17. The van der Waals surface area contributed by atoms with E-state index in [0.717, 1.165) is 38.1 Å². The first-order valence-corrected chi connectivity index (χ1v) is 14.6. The molecule has 0 saturated heterocycles. The van der Waals surface area contributed by atoms with Crippen molar-refractivity contribution in [3.8, 4) is 11.4 Å². The number of nitrogens with zero attached hydrogens (tertiary/aromatic N) is 4. The number of H-pyrrole nitrogens is 1. The zero-order valence-corrected chi connectivity index (χ0v) is 24.4. The number of hydrogen-bond acceptors (Lipinski definition) is 8. The van der Waals surface area contributed by atoms with Crippen LogP contribution in [-0.2, 0) is 30.2 Å². The molecule has 0 aromatic carbocycles. The van der Waals surface area contributed by atoms with Crippen molar-refractivity contribution >= 4 is 22.9 Å². The number of nitrogens with one attached hydrogen (secondary N) is 1. The van der Waals surface area contributed by atoms with Crippen molar-refractivity contribution in [3.05, 3.63) is 42.0 Å². The Bertz CT molecular complexity index is 1360. The molecule has 43 heavy (non-hydrogen) atoms. The van der Waals surface area contributed by atoms with Crippen LogP contribution < -0.4 is 0 Å². The number of pyridine rings is 1. The van der Waals surface area contributed by atoms with Gasteiger partial charge in [-0.2, -0.15) is 0 Å². The van der Waals surface area contributed by atoms with Crippen LogP contribution in [0.3, 0.4) is 0 Å². The largest absolute Gasteiger partial charge is 0.481 e. The van der Waals surface area contributed by atoms with Crippen LogP contribution in [0.25, 0.3) is 22.4 Å². The number of halogens is 2. The molecular formula is C30H39F2N5O6. The highest BCUT2D eigenvalue weighted by atomic mass is 19.1. The molecular weight excluding hydrogens is 564 g/mol. The number of carbonyl (C=O) groups is 2. The molecule has 0 aliphatic heterocycles. The summed E-state index contributed by atoms with van der Waals surface area (Å²) in [5.74, 6) is -1.06. The van der Waals surface area contributed by atoms with Gasteiger partial charge < -0.3 is 29.2 Å². The molecule has 3 heterocycles. The van der Waals surface area contributed by atoms with Gasteiger partial charge in [0, 0.05) is 37.2 Å². The average molecular weight is 604 g/mol. The summed E-state index contributed by atoms with van der Waals surface area (Å²) in [6.45, 7) is 2.47. The Morgan fingerprint density at radius 1 is 1.02 bits per heavy atom.